The van der Waals surface area contributed by atoms with Gasteiger partial charge in [0.15, 0.2) is 0 Å². The molecule has 2 heterocycles. The summed E-state index contributed by atoms with van der Waals surface area (Å²) < 4.78 is 16.2. The quantitative estimate of drug-likeness (QED) is 0.593. The molecule has 5 heteroatoms. The summed E-state index contributed by atoms with van der Waals surface area (Å²) in [6.45, 7) is 5.67. The molecule has 2 aromatic carbocycles. The number of carbonyl (C=O) groups is 1. The summed E-state index contributed by atoms with van der Waals surface area (Å²) in [6.07, 6.45) is 1.84. The molecule has 1 aromatic heterocycles. The molecule has 0 fully saturated rings. The summed E-state index contributed by atoms with van der Waals surface area (Å²) in [4.78, 5) is 12.9. The van der Waals surface area contributed by atoms with E-state index in [0.29, 0.717) is 17.0 Å². The second-order valence-corrected chi connectivity index (χ2v) is 6.81. The largest absolute Gasteiger partial charge is 0.315 e. The van der Waals surface area contributed by atoms with Gasteiger partial charge < -0.3 is 4.57 Å². The van der Waals surface area contributed by atoms with Crippen LogP contribution in [-0.4, -0.2) is 16.2 Å². The molecule has 0 radical (unpaired) electrons. The fraction of sp³-hybridized carbons (Fsp3) is 0.130. The van der Waals surface area contributed by atoms with Crippen LogP contribution < -0.4 is 5.01 Å². The Morgan fingerprint density at radius 3 is 2.36 bits per heavy atom. The Hall–Kier alpha value is -3.47. The molecule has 0 saturated carbocycles. The first-order valence-corrected chi connectivity index (χ1v) is 9.08. The van der Waals surface area contributed by atoms with Crippen LogP contribution in [0.2, 0.25) is 0 Å². The molecule has 1 amide bonds. The van der Waals surface area contributed by atoms with Gasteiger partial charge in [-0.25, -0.2) is 4.39 Å². The van der Waals surface area contributed by atoms with E-state index >= 15 is 0 Å². The van der Waals surface area contributed by atoms with Gasteiger partial charge in [0.2, 0.25) is 0 Å². The van der Waals surface area contributed by atoms with Gasteiger partial charge in [0.1, 0.15) is 5.82 Å². The molecule has 0 unspecified atom stereocenters. The van der Waals surface area contributed by atoms with Crippen LogP contribution in [0.4, 0.5) is 10.1 Å². The van der Waals surface area contributed by atoms with Crippen molar-refractivity contribution in [3.05, 3.63) is 89.0 Å². The van der Waals surface area contributed by atoms with E-state index in [4.69, 9.17) is 0 Å². The van der Waals surface area contributed by atoms with E-state index in [2.05, 4.69) is 5.10 Å². The summed E-state index contributed by atoms with van der Waals surface area (Å²) >= 11 is 0. The van der Waals surface area contributed by atoms with Crippen LogP contribution in [0.25, 0.3) is 11.8 Å². The Bertz CT molecular complexity index is 1130. The molecule has 1 aliphatic rings. The molecule has 140 valence electrons. The lowest BCUT2D eigenvalue weighted by molar-refractivity contribution is -0.114. The summed E-state index contributed by atoms with van der Waals surface area (Å²) in [7, 11) is 0. The predicted molar refractivity (Wildman–Crippen MR) is 110 cm³/mol. The van der Waals surface area contributed by atoms with E-state index in [9.17, 15) is 9.18 Å². The van der Waals surface area contributed by atoms with E-state index in [1.807, 2.05) is 73.9 Å². The number of hydrazone groups is 1. The monoisotopic (exact) mass is 373 g/mol. The number of anilines is 1. The summed E-state index contributed by atoms with van der Waals surface area (Å²) in [5, 5.41) is 5.83. The number of nitrogens with zero attached hydrogens (tertiary/aromatic N) is 3. The first-order valence-electron chi connectivity index (χ1n) is 9.08. The van der Waals surface area contributed by atoms with Gasteiger partial charge in [-0.15, -0.1) is 0 Å². The average Bonchev–Trinajstić information content (AvgIpc) is 3.13. The smallest absolute Gasteiger partial charge is 0.280 e. The highest BCUT2D eigenvalue weighted by Crippen LogP contribution is 2.28. The van der Waals surface area contributed by atoms with Crippen LogP contribution in [0.1, 0.15) is 23.9 Å². The number of hydrogen-bond donors (Lipinski definition) is 0. The molecule has 4 nitrogen and oxygen atoms in total. The van der Waals surface area contributed by atoms with Crippen LogP contribution in [0.15, 0.2) is 71.3 Å². The number of aromatic nitrogens is 1. The first kappa shape index (κ1) is 17.9. The molecule has 4 rings (SSSR count). The normalized spacial score (nSPS) is 15.4. The van der Waals surface area contributed by atoms with Crippen molar-refractivity contribution < 1.29 is 9.18 Å². The third-order valence-corrected chi connectivity index (χ3v) is 4.93. The van der Waals surface area contributed by atoms with Crippen LogP contribution >= 0.6 is 0 Å². The topological polar surface area (TPSA) is 37.6 Å². The van der Waals surface area contributed by atoms with Gasteiger partial charge in [0, 0.05) is 11.4 Å². The predicted octanol–water partition coefficient (Wildman–Crippen LogP) is 5.04. The van der Waals surface area contributed by atoms with Gasteiger partial charge in [0.05, 0.1) is 22.7 Å². The highest BCUT2D eigenvalue weighted by atomic mass is 19.1. The van der Waals surface area contributed by atoms with Crippen molar-refractivity contribution in [2.45, 2.75) is 20.8 Å². The fourth-order valence-corrected chi connectivity index (χ4v) is 3.52. The van der Waals surface area contributed by atoms with Crippen molar-refractivity contribution in [1.29, 1.82) is 0 Å². The van der Waals surface area contributed by atoms with E-state index in [1.54, 1.807) is 12.1 Å². The number of amides is 1. The lowest BCUT2D eigenvalue weighted by Crippen LogP contribution is -2.21. The molecular formula is C23H20FN3O. The van der Waals surface area contributed by atoms with E-state index in [0.717, 1.165) is 22.6 Å². The highest BCUT2D eigenvalue weighted by molar-refractivity contribution is 6.32. The third-order valence-electron chi connectivity index (χ3n) is 4.93. The number of halogens is 1. The maximum Gasteiger partial charge on any atom is 0.280 e. The molecule has 0 aliphatic carbocycles. The zero-order valence-corrected chi connectivity index (χ0v) is 16.0. The number of para-hydroxylation sites is 2. The average molecular weight is 373 g/mol. The van der Waals surface area contributed by atoms with Gasteiger partial charge in [0.25, 0.3) is 5.91 Å². The lowest BCUT2D eigenvalue weighted by Gasteiger charge is -2.11. The Labute approximate surface area is 163 Å². The van der Waals surface area contributed by atoms with E-state index in [1.165, 1.54) is 11.1 Å². The summed E-state index contributed by atoms with van der Waals surface area (Å²) in [6, 6.07) is 18.0. The van der Waals surface area contributed by atoms with E-state index < -0.39 is 0 Å². The number of hydrogen-bond acceptors (Lipinski definition) is 2. The van der Waals surface area contributed by atoms with E-state index in [-0.39, 0.29) is 11.7 Å². The molecule has 0 N–H and O–H groups in total. The van der Waals surface area contributed by atoms with Crippen molar-refractivity contribution in [2.24, 2.45) is 5.10 Å². The Balaban J connectivity index is 1.75. The molecule has 0 bridgehead atoms. The fourth-order valence-electron chi connectivity index (χ4n) is 3.52. The van der Waals surface area contributed by atoms with Crippen molar-refractivity contribution in [3.8, 4) is 5.69 Å². The second-order valence-electron chi connectivity index (χ2n) is 6.81. The van der Waals surface area contributed by atoms with Gasteiger partial charge in [-0.1, -0.05) is 30.3 Å². The standard InChI is InChI=1S/C23H20FN3O/c1-15-13-18(17(3)26(15)22-12-8-7-11-21(22)24)14-20-16(2)25-27(23(20)28)19-9-5-4-6-10-19/h4-14H,1-3H3/b20-14+. The molecule has 28 heavy (non-hydrogen) atoms. The van der Waals surface area contributed by atoms with Crippen molar-refractivity contribution in [3.63, 3.8) is 0 Å². The number of benzene rings is 2. The molecule has 0 saturated heterocycles. The minimum Gasteiger partial charge on any atom is -0.315 e. The molecular weight excluding hydrogens is 353 g/mol. The third kappa shape index (κ3) is 2.95. The minimum atomic E-state index is -0.284. The van der Waals surface area contributed by atoms with Crippen LogP contribution in [0, 0.1) is 19.7 Å². The maximum absolute atomic E-state index is 14.3. The summed E-state index contributed by atoms with van der Waals surface area (Å²) in [5.41, 5.74) is 5.06. The maximum atomic E-state index is 14.3. The molecule has 3 aromatic rings. The van der Waals surface area contributed by atoms with Crippen LogP contribution in [0.3, 0.4) is 0 Å². The highest BCUT2D eigenvalue weighted by Gasteiger charge is 2.29. The molecule has 0 atom stereocenters. The number of aryl methyl sites for hydroxylation is 1. The number of carbonyl (C=O) groups excluding carboxylic acids is 1. The Kier molecular flexibility index (Phi) is 4.43. The first-order chi connectivity index (χ1) is 13.5. The molecule has 1 aliphatic heterocycles. The Morgan fingerprint density at radius 1 is 0.964 bits per heavy atom. The molecule has 0 spiro atoms. The Morgan fingerprint density at radius 2 is 1.64 bits per heavy atom. The van der Waals surface area contributed by atoms with Crippen LogP contribution in [-0.2, 0) is 4.79 Å². The zero-order chi connectivity index (χ0) is 19.8. The minimum absolute atomic E-state index is 0.167. The van der Waals surface area contributed by atoms with Gasteiger partial charge in [-0.3, -0.25) is 4.79 Å². The summed E-state index contributed by atoms with van der Waals surface area (Å²) in [5.74, 6) is -0.451. The van der Waals surface area contributed by atoms with Crippen LogP contribution in [0.5, 0.6) is 0 Å². The van der Waals surface area contributed by atoms with Gasteiger partial charge >= 0.3 is 0 Å². The van der Waals surface area contributed by atoms with Crippen molar-refractivity contribution in [1.82, 2.24) is 4.57 Å². The second kappa shape index (κ2) is 6.93. The number of rotatable bonds is 3. The van der Waals surface area contributed by atoms with Crippen molar-refractivity contribution in [2.75, 3.05) is 5.01 Å². The van der Waals surface area contributed by atoms with Gasteiger partial charge in [-0.05, 0) is 62.7 Å². The lowest BCUT2D eigenvalue weighted by atomic mass is 10.1. The van der Waals surface area contributed by atoms with Gasteiger partial charge in [-0.2, -0.15) is 10.1 Å². The van der Waals surface area contributed by atoms with Crippen molar-refractivity contribution >= 4 is 23.4 Å². The SMILES string of the molecule is CC1=NN(c2ccccc2)C(=O)/C1=C/c1cc(C)n(-c2ccccc2F)c1C. The zero-order valence-electron chi connectivity index (χ0n) is 16.0.